The van der Waals surface area contributed by atoms with Gasteiger partial charge in [0, 0.05) is 38.1 Å². The van der Waals surface area contributed by atoms with Gasteiger partial charge in [0.2, 0.25) is 0 Å². The number of hydrogen-bond donors (Lipinski definition) is 1. The van der Waals surface area contributed by atoms with E-state index in [1.807, 2.05) is 43.7 Å². The SMILES string of the molecule is CN(CCc1ccccn1)c1ccc(CCN)cn1. The topological polar surface area (TPSA) is 55.0 Å². The van der Waals surface area contributed by atoms with E-state index < -0.39 is 0 Å². The molecule has 0 aromatic carbocycles. The largest absolute Gasteiger partial charge is 0.359 e. The summed E-state index contributed by atoms with van der Waals surface area (Å²) in [5.41, 5.74) is 7.82. The Balaban J connectivity index is 1.90. The minimum absolute atomic E-state index is 0.663. The van der Waals surface area contributed by atoms with Crippen LogP contribution in [0.3, 0.4) is 0 Å². The molecule has 19 heavy (non-hydrogen) atoms. The maximum absolute atomic E-state index is 5.53. The Morgan fingerprint density at radius 2 is 2.00 bits per heavy atom. The van der Waals surface area contributed by atoms with E-state index >= 15 is 0 Å². The first kappa shape index (κ1) is 13.5. The Labute approximate surface area is 114 Å². The molecule has 0 unspecified atom stereocenters. The lowest BCUT2D eigenvalue weighted by Crippen LogP contribution is -2.21. The van der Waals surface area contributed by atoms with E-state index in [4.69, 9.17) is 5.73 Å². The van der Waals surface area contributed by atoms with Crippen LogP contribution in [0.15, 0.2) is 42.7 Å². The highest BCUT2D eigenvalue weighted by Gasteiger charge is 2.03. The van der Waals surface area contributed by atoms with E-state index in [9.17, 15) is 0 Å². The molecular formula is C15H20N4. The van der Waals surface area contributed by atoms with E-state index in [-0.39, 0.29) is 0 Å². The van der Waals surface area contributed by atoms with Crippen molar-refractivity contribution in [2.75, 3.05) is 25.0 Å². The molecule has 2 aromatic rings. The summed E-state index contributed by atoms with van der Waals surface area (Å²) in [4.78, 5) is 10.9. The van der Waals surface area contributed by atoms with E-state index in [0.717, 1.165) is 30.9 Å². The van der Waals surface area contributed by atoms with Gasteiger partial charge in [-0.3, -0.25) is 4.98 Å². The van der Waals surface area contributed by atoms with Crippen molar-refractivity contribution in [3.63, 3.8) is 0 Å². The second kappa shape index (κ2) is 6.85. The third kappa shape index (κ3) is 4.03. The molecule has 4 nitrogen and oxygen atoms in total. The van der Waals surface area contributed by atoms with Crippen LogP contribution in [0.4, 0.5) is 5.82 Å². The fraction of sp³-hybridized carbons (Fsp3) is 0.333. The van der Waals surface area contributed by atoms with E-state index in [2.05, 4.69) is 20.9 Å². The Kier molecular flexibility index (Phi) is 4.86. The van der Waals surface area contributed by atoms with Gasteiger partial charge in [0.1, 0.15) is 5.82 Å². The predicted molar refractivity (Wildman–Crippen MR) is 78.2 cm³/mol. The van der Waals surface area contributed by atoms with Crippen LogP contribution < -0.4 is 10.6 Å². The third-order valence-electron chi connectivity index (χ3n) is 3.06. The van der Waals surface area contributed by atoms with Gasteiger partial charge in [0.25, 0.3) is 0 Å². The van der Waals surface area contributed by atoms with Gasteiger partial charge < -0.3 is 10.6 Å². The zero-order valence-corrected chi connectivity index (χ0v) is 11.3. The molecule has 4 heteroatoms. The van der Waals surface area contributed by atoms with Gasteiger partial charge in [0.05, 0.1) is 0 Å². The second-order valence-corrected chi connectivity index (χ2v) is 4.56. The number of anilines is 1. The maximum atomic E-state index is 5.53. The lowest BCUT2D eigenvalue weighted by molar-refractivity contribution is 0.836. The van der Waals surface area contributed by atoms with Crippen molar-refractivity contribution >= 4 is 5.82 Å². The molecule has 2 N–H and O–H groups in total. The van der Waals surface area contributed by atoms with Crippen LogP contribution in [0.25, 0.3) is 0 Å². The third-order valence-corrected chi connectivity index (χ3v) is 3.06. The van der Waals surface area contributed by atoms with Crippen molar-refractivity contribution in [2.24, 2.45) is 5.73 Å². The van der Waals surface area contributed by atoms with Crippen LogP contribution in [-0.4, -0.2) is 30.1 Å². The van der Waals surface area contributed by atoms with Crippen molar-refractivity contribution in [2.45, 2.75) is 12.8 Å². The fourth-order valence-electron chi connectivity index (χ4n) is 1.90. The van der Waals surface area contributed by atoms with Crippen molar-refractivity contribution in [3.05, 3.63) is 54.0 Å². The highest BCUT2D eigenvalue weighted by atomic mass is 15.2. The first-order valence-corrected chi connectivity index (χ1v) is 6.55. The number of nitrogens with two attached hydrogens (primary N) is 1. The summed E-state index contributed by atoms with van der Waals surface area (Å²) in [5, 5.41) is 0. The molecule has 0 amide bonds. The van der Waals surface area contributed by atoms with Crippen LogP contribution >= 0.6 is 0 Å². The molecule has 0 aliphatic carbocycles. The highest BCUT2D eigenvalue weighted by Crippen LogP contribution is 2.10. The zero-order chi connectivity index (χ0) is 13.5. The van der Waals surface area contributed by atoms with Crippen molar-refractivity contribution in [3.8, 4) is 0 Å². The summed E-state index contributed by atoms with van der Waals surface area (Å²) in [6, 6.07) is 10.1. The highest BCUT2D eigenvalue weighted by molar-refractivity contribution is 5.38. The van der Waals surface area contributed by atoms with E-state index in [1.165, 1.54) is 5.56 Å². The lowest BCUT2D eigenvalue weighted by Gasteiger charge is -2.18. The Bertz CT molecular complexity index is 481. The molecule has 0 saturated heterocycles. The number of aromatic nitrogens is 2. The summed E-state index contributed by atoms with van der Waals surface area (Å²) < 4.78 is 0. The van der Waals surface area contributed by atoms with Crippen LogP contribution in [0.2, 0.25) is 0 Å². The Morgan fingerprint density at radius 1 is 1.11 bits per heavy atom. The van der Waals surface area contributed by atoms with Crippen LogP contribution in [-0.2, 0) is 12.8 Å². The maximum Gasteiger partial charge on any atom is 0.128 e. The molecule has 0 atom stereocenters. The molecule has 100 valence electrons. The number of likely N-dealkylation sites (N-methyl/N-ethyl adjacent to an activating group) is 1. The molecule has 0 fully saturated rings. The van der Waals surface area contributed by atoms with Crippen molar-refractivity contribution in [1.82, 2.24) is 9.97 Å². The predicted octanol–water partition coefficient (Wildman–Crippen LogP) is 1.66. The molecule has 0 aliphatic rings. The molecule has 0 bridgehead atoms. The van der Waals surface area contributed by atoms with Gasteiger partial charge in [0.15, 0.2) is 0 Å². The average Bonchev–Trinajstić information content (AvgIpc) is 2.47. The van der Waals surface area contributed by atoms with Gasteiger partial charge in [-0.05, 0) is 36.7 Å². The number of rotatable bonds is 6. The smallest absolute Gasteiger partial charge is 0.128 e. The summed E-state index contributed by atoms with van der Waals surface area (Å²) in [5.74, 6) is 0.983. The van der Waals surface area contributed by atoms with Crippen LogP contribution in [0.1, 0.15) is 11.3 Å². The van der Waals surface area contributed by atoms with Gasteiger partial charge >= 0.3 is 0 Å². The van der Waals surface area contributed by atoms with Crippen molar-refractivity contribution < 1.29 is 0 Å². The second-order valence-electron chi connectivity index (χ2n) is 4.56. The fourth-order valence-corrected chi connectivity index (χ4v) is 1.90. The monoisotopic (exact) mass is 256 g/mol. The first-order chi connectivity index (χ1) is 9.29. The number of nitrogens with zero attached hydrogens (tertiary/aromatic N) is 3. The number of hydrogen-bond acceptors (Lipinski definition) is 4. The quantitative estimate of drug-likeness (QED) is 0.854. The lowest BCUT2D eigenvalue weighted by atomic mass is 10.2. The molecule has 2 rings (SSSR count). The van der Waals surface area contributed by atoms with E-state index in [0.29, 0.717) is 6.54 Å². The average molecular weight is 256 g/mol. The van der Waals surface area contributed by atoms with Gasteiger partial charge in [-0.2, -0.15) is 0 Å². The minimum Gasteiger partial charge on any atom is -0.359 e. The van der Waals surface area contributed by atoms with Gasteiger partial charge in [-0.1, -0.05) is 12.1 Å². The minimum atomic E-state index is 0.663. The molecule has 2 heterocycles. The summed E-state index contributed by atoms with van der Waals surface area (Å²) >= 11 is 0. The van der Waals surface area contributed by atoms with Gasteiger partial charge in [-0.15, -0.1) is 0 Å². The normalized spacial score (nSPS) is 10.4. The molecular weight excluding hydrogens is 236 g/mol. The van der Waals surface area contributed by atoms with Crippen molar-refractivity contribution in [1.29, 1.82) is 0 Å². The summed E-state index contributed by atoms with van der Waals surface area (Å²) in [6.07, 6.45) is 5.53. The summed E-state index contributed by atoms with van der Waals surface area (Å²) in [6.45, 7) is 1.57. The molecule has 0 aliphatic heterocycles. The summed E-state index contributed by atoms with van der Waals surface area (Å²) in [7, 11) is 2.05. The standard InChI is InChI=1S/C15H20N4/c1-19(11-8-14-4-2-3-10-17-14)15-6-5-13(7-9-16)12-18-15/h2-6,10,12H,7-9,11,16H2,1H3. The molecule has 0 spiro atoms. The first-order valence-electron chi connectivity index (χ1n) is 6.55. The molecule has 0 radical (unpaired) electrons. The number of pyridine rings is 2. The Hall–Kier alpha value is -1.94. The molecule has 2 aromatic heterocycles. The Morgan fingerprint density at radius 3 is 2.63 bits per heavy atom. The van der Waals surface area contributed by atoms with Gasteiger partial charge in [-0.25, -0.2) is 4.98 Å². The van der Waals surface area contributed by atoms with Crippen LogP contribution in [0, 0.1) is 0 Å². The van der Waals surface area contributed by atoms with E-state index in [1.54, 1.807) is 0 Å². The molecule has 0 saturated carbocycles. The zero-order valence-electron chi connectivity index (χ0n) is 11.3. The van der Waals surface area contributed by atoms with Crippen LogP contribution in [0.5, 0.6) is 0 Å².